The lowest BCUT2D eigenvalue weighted by molar-refractivity contribution is -0.123. The van der Waals surface area contributed by atoms with E-state index in [1.165, 1.54) is 0 Å². The van der Waals surface area contributed by atoms with Crippen molar-refractivity contribution in [2.45, 2.75) is 26.0 Å². The summed E-state index contributed by atoms with van der Waals surface area (Å²) in [5.74, 6) is -0.116. The Hall–Kier alpha value is -1.10. The number of halogens is 1. The van der Waals surface area contributed by atoms with E-state index in [0.29, 0.717) is 23.9 Å². The molecule has 2 rings (SSSR count). The van der Waals surface area contributed by atoms with Gasteiger partial charge in [0.2, 0.25) is 5.91 Å². The fourth-order valence-electron chi connectivity index (χ4n) is 1.97. The molecule has 0 bridgehead atoms. The number of carbonyl (C=O) groups excluding carboxylic acids is 1. The highest BCUT2D eigenvalue weighted by atomic mass is 35.5. The number of hydrogen-bond acceptors (Lipinski definition) is 3. The van der Waals surface area contributed by atoms with E-state index in [1.54, 1.807) is 6.07 Å². The third-order valence-corrected chi connectivity index (χ3v) is 3.31. The Labute approximate surface area is 112 Å². The summed E-state index contributed by atoms with van der Waals surface area (Å²) in [7, 11) is 0. The number of morpholine rings is 1. The summed E-state index contributed by atoms with van der Waals surface area (Å²) >= 11 is 6.05. The number of rotatable bonds is 2. The van der Waals surface area contributed by atoms with Crippen LogP contribution in [0.15, 0.2) is 18.2 Å². The Kier molecular flexibility index (Phi) is 4.22. The maximum atomic E-state index is 12.1. The second-order valence-corrected chi connectivity index (χ2v) is 4.89. The van der Waals surface area contributed by atoms with Crippen molar-refractivity contribution in [1.82, 2.24) is 5.32 Å². The fourth-order valence-corrected chi connectivity index (χ4v) is 2.14. The van der Waals surface area contributed by atoms with Crippen LogP contribution in [0.1, 0.15) is 12.5 Å². The van der Waals surface area contributed by atoms with Gasteiger partial charge < -0.3 is 15.4 Å². The van der Waals surface area contributed by atoms with Gasteiger partial charge in [0.05, 0.1) is 23.4 Å². The predicted molar refractivity (Wildman–Crippen MR) is 72.0 cm³/mol. The third kappa shape index (κ3) is 3.02. The zero-order valence-corrected chi connectivity index (χ0v) is 11.3. The molecular weight excluding hydrogens is 252 g/mol. The van der Waals surface area contributed by atoms with Crippen molar-refractivity contribution in [2.75, 3.05) is 18.5 Å². The SMILES string of the molecule is Cc1ccc(Cl)c(NC(=O)[C@H]2NCCO[C@@H]2C)c1. The van der Waals surface area contributed by atoms with Crippen LogP contribution in [0.5, 0.6) is 0 Å². The molecule has 1 aliphatic heterocycles. The number of anilines is 1. The van der Waals surface area contributed by atoms with Gasteiger partial charge in [0.1, 0.15) is 6.04 Å². The lowest BCUT2D eigenvalue weighted by Gasteiger charge is -2.29. The maximum Gasteiger partial charge on any atom is 0.244 e. The molecule has 2 atom stereocenters. The molecule has 1 aromatic rings. The molecule has 5 heteroatoms. The summed E-state index contributed by atoms with van der Waals surface area (Å²) in [5.41, 5.74) is 1.69. The minimum atomic E-state index is -0.338. The molecule has 0 aliphatic carbocycles. The van der Waals surface area contributed by atoms with E-state index in [0.717, 1.165) is 5.56 Å². The summed E-state index contributed by atoms with van der Waals surface area (Å²) < 4.78 is 5.45. The Morgan fingerprint density at radius 2 is 2.33 bits per heavy atom. The molecule has 1 fully saturated rings. The molecule has 1 aliphatic rings. The quantitative estimate of drug-likeness (QED) is 0.862. The van der Waals surface area contributed by atoms with Gasteiger partial charge in [-0.3, -0.25) is 4.79 Å². The first kappa shape index (κ1) is 13.3. The first-order valence-electron chi connectivity index (χ1n) is 6.00. The highest BCUT2D eigenvalue weighted by Crippen LogP contribution is 2.23. The molecule has 4 nitrogen and oxygen atoms in total. The van der Waals surface area contributed by atoms with E-state index < -0.39 is 0 Å². The maximum absolute atomic E-state index is 12.1. The average molecular weight is 269 g/mol. The van der Waals surface area contributed by atoms with Crippen molar-refractivity contribution in [2.24, 2.45) is 0 Å². The van der Waals surface area contributed by atoms with E-state index in [1.807, 2.05) is 26.0 Å². The number of carbonyl (C=O) groups is 1. The van der Waals surface area contributed by atoms with E-state index in [-0.39, 0.29) is 18.1 Å². The molecule has 98 valence electrons. The van der Waals surface area contributed by atoms with Gasteiger partial charge in [0.15, 0.2) is 0 Å². The predicted octanol–water partition coefficient (Wildman–Crippen LogP) is 1.96. The molecule has 0 aromatic heterocycles. The number of ether oxygens (including phenoxy) is 1. The highest BCUT2D eigenvalue weighted by Gasteiger charge is 2.28. The summed E-state index contributed by atoms with van der Waals surface area (Å²) in [6.45, 7) is 5.16. The first-order chi connectivity index (χ1) is 8.58. The van der Waals surface area contributed by atoms with Crippen LogP contribution in [0, 0.1) is 6.92 Å². The number of nitrogens with one attached hydrogen (secondary N) is 2. The van der Waals surface area contributed by atoms with Crippen LogP contribution >= 0.6 is 11.6 Å². The van der Waals surface area contributed by atoms with Gasteiger partial charge in [0.25, 0.3) is 0 Å². The van der Waals surface area contributed by atoms with E-state index in [4.69, 9.17) is 16.3 Å². The van der Waals surface area contributed by atoms with Crippen molar-refractivity contribution in [1.29, 1.82) is 0 Å². The van der Waals surface area contributed by atoms with E-state index in [9.17, 15) is 4.79 Å². The van der Waals surface area contributed by atoms with Crippen LogP contribution in [0.2, 0.25) is 5.02 Å². The molecule has 0 spiro atoms. The standard InChI is InChI=1S/C13H17ClN2O2/c1-8-3-4-10(14)11(7-8)16-13(17)12-9(2)18-6-5-15-12/h3-4,7,9,12,15H,5-6H2,1-2H3,(H,16,17)/t9-,12+/m1/s1. The molecule has 0 saturated carbocycles. The van der Waals surface area contributed by atoms with Crippen molar-refractivity contribution >= 4 is 23.2 Å². The van der Waals surface area contributed by atoms with Crippen LogP contribution in [-0.4, -0.2) is 31.2 Å². The summed E-state index contributed by atoms with van der Waals surface area (Å²) in [5, 5.41) is 6.52. The second-order valence-electron chi connectivity index (χ2n) is 4.48. The zero-order valence-electron chi connectivity index (χ0n) is 10.5. The van der Waals surface area contributed by atoms with Crippen LogP contribution in [0.3, 0.4) is 0 Å². The number of aryl methyl sites for hydroxylation is 1. The molecule has 0 unspecified atom stereocenters. The van der Waals surface area contributed by atoms with Gasteiger partial charge in [0, 0.05) is 6.54 Å². The highest BCUT2D eigenvalue weighted by molar-refractivity contribution is 6.33. The van der Waals surface area contributed by atoms with Gasteiger partial charge in [-0.05, 0) is 31.5 Å². The van der Waals surface area contributed by atoms with Crippen LogP contribution in [-0.2, 0) is 9.53 Å². The van der Waals surface area contributed by atoms with Crippen LogP contribution in [0.25, 0.3) is 0 Å². The molecule has 1 aromatic carbocycles. The Bertz CT molecular complexity index is 451. The molecule has 18 heavy (non-hydrogen) atoms. The molecule has 1 saturated heterocycles. The topological polar surface area (TPSA) is 50.4 Å². The average Bonchev–Trinajstić information content (AvgIpc) is 2.34. The van der Waals surface area contributed by atoms with Crippen LogP contribution < -0.4 is 10.6 Å². The Morgan fingerprint density at radius 3 is 3.06 bits per heavy atom. The second kappa shape index (κ2) is 5.69. The molecule has 1 amide bonds. The zero-order chi connectivity index (χ0) is 13.1. The van der Waals surface area contributed by atoms with Gasteiger partial charge >= 0.3 is 0 Å². The van der Waals surface area contributed by atoms with Gasteiger partial charge in [-0.25, -0.2) is 0 Å². The van der Waals surface area contributed by atoms with Gasteiger partial charge in [-0.2, -0.15) is 0 Å². The molecule has 1 heterocycles. The molecule has 0 radical (unpaired) electrons. The van der Waals surface area contributed by atoms with Crippen molar-refractivity contribution in [3.8, 4) is 0 Å². The molecule has 2 N–H and O–H groups in total. The van der Waals surface area contributed by atoms with Crippen molar-refractivity contribution in [3.63, 3.8) is 0 Å². The van der Waals surface area contributed by atoms with E-state index >= 15 is 0 Å². The largest absolute Gasteiger partial charge is 0.375 e. The first-order valence-corrected chi connectivity index (χ1v) is 6.38. The lowest BCUT2D eigenvalue weighted by atomic mass is 10.1. The number of amides is 1. The molecular formula is C13H17ClN2O2. The lowest BCUT2D eigenvalue weighted by Crippen LogP contribution is -2.53. The van der Waals surface area contributed by atoms with Crippen LogP contribution in [0.4, 0.5) is 5.69 Å². The van der Waals surface area contributed by atoms with E-state index in [2.05, 4.69) is 10.6 Å². The summed E-state index contributed by atoms with van der Waals surface area (Å²) in [6, 6.07) is 5.20. The van der Waals surface area contributed by atoms with Gasteiger partial charge in [-0.15, -0.1) is 0 Å². The minimum absolute atomic E-state index is 0.116. The fraction of sp³-hybridized carbons (Fsp3) is 0.462. The smallest absolute Gasteiger partial charge is 0.244 e. The van der Waals surface area contributed by atoms with Crippen molar-refractivity contribution < 1.29 is 9.53 Å². The Morgan fingerprint density at radius 1 is 1.56 bits per heavy atom. The monoisotopic (exact) mass is 268 g/mol. The minimum Gasteiger partial charge on any atom is -0.375 e. The summed E-state index contributed by atoms with van der Waals surface area (Å²) in [6.07, 6.45) is -0.137. The Balaban J connectivity index is 2.08. The normalized spacial score (nSPS) is 23.7. The summed E-state index contributed by atoms with van der Waals surface area (Å²) in [4.78, 5) is 12.1. The number of hydrogen-bond donors (Lipinski definition) is 2. The van der Waals surface area contributed by atoms with Gasteiger partial charge in [-0.1, -0.05) is 17.7 Å². The third-order valence-electron chi connectivity index (χ3n) is 2.98. The van der Waals surface area contributed by atoms with Crippen molar-refractivity contribution in [3.05, 3.63) is 28.8 Å². The number of benzene rings is 1.